The third-order valence-electron chi connectivity index (χ3n) is 4.16. The van der Waals surface area contributed by atoms with Crippen molar-refractivity contribution in [2.75, 3.05) is 6.54 Å². The number of rotatable bonds is 4. The van der Waals surface area contributed by atoms with Gasteiger partial charge in [-0.25, -0.2) is 4.48 Å². The number of benzene rings is 1. The maximum Gasteiger partial charge on any atom is 0.263 e. The van der Waals surface area contributed by atoms with Crippen molar-refractivity contribution in [3.05, 3.63) is 43.0 Å². The summed E-state index contributed by atoms with van der Waals surface area (Å²) in [5.74, 6) is 0. The monoisotopic (exact) mass is 259 g/mol. The number of nitrogens with zero attached hydrogens (tertiary/aromatic N) is 1. The van der Waals surface area contributed by atoms with E-state index in [2.05, 4.69) is 6.58 Å². The Morgan fingerprint density at radius 3 is 2.42 bits per heavy atom. The molecule has 2 rings (SSSR count). The van der Waals surface area contributed by atoms with Crippen LogP contribution < -0.4 is 9.59 Å². The van der Waals surface area contributed by atoms with Crippen molar-refractivity contribution in [2.24, 2.45) is 0 Å². The number of carbonyl (C=O) groups excluding carboxylic acids is 1. The number of quaternary nitrogens is 1. The smallest absolute Gasteiger partial charge is 0.263 e. The summed E-state index contributed by atoms with van der Waals surface area (Å²) < 4.78 is -0.107. The van der Waals surface area contributed by atoms with E-state index in [1.165, 1.54) is 6.42 Å². The van der Waals surface area contributed by atoms with Gasteiger partial charge in [-0.2, -0.15) is 0 Å². The molecular formula is C16H21NO2. The molecule has 0 bridgehead atoms. The topological polar surface area (TPSA) is 40.1 Å². The molecule has 0 radical (unpaired) electrons. The van der Waals surface area contributed by atoms with Gasteiger partial charge in [0.25, 0.3) is 6.09 Å². The quantitative estimate of drug-likeness (QED) is 0.616. The molecule has 0 aromatic heterocycles. The van der Waals surface area contributed by atoms with Crippen LogP contribution in [0.3, 0.4) is 0 Å². The fraction of sp³-hybridized carbons (Fsp3) is 0.438. The SMILES string of the molecule is C=CC[N+](C(=O)[O-])(c1ccccc1)C1CCCCC1. The molecule has 1 aliphatic carbocycles. The van der Waals surface area contributed by atoms with Crippen molar-refractivity contribution in [3.8, 4) is 0 Å². The van der Waals surface area contributed by atoms with Crippen LogP contribution in [0.2, 0.25) is 0 Å². The van der Waals surface area contributed by atoms with Crippen molar-refractivity contribution in [1.29, 1.82) is 0 Å². The van der Waals surface area contributed by atoms with Gasteiger partial charge >= 0.3 is 0 Å². The summed E-state index contributed by atoms with van der Waals surface area (Å²) in [5, 5.41) is 11.9. The zero-order valence-corrected chi connectivity index (χ0v) is 11.3. The molecule has 1 aromatic rings. The van der Waals surface area contributed by atoms with Gasteiger partial charge in [0.1, 0.15) is 12.2 Å². The van der Waals surface area contributed by atoms with Crippen LogP contribution in [0.1, 0.15) is 32.1 Å². The number of amides is 1. The molecule has 3 nitrogen and oxygen atoms in total. The van der Waals surface area contributed by atoms with Gasteiger partial charge in [-0.15, -0.1) is 0 Å². The van der Waals surface area contributed by atoms with E-state index in [4.69, 9.17) is 0 Å². The molecule has 0 aliphatic heterocycles. The van der Waals surface area contributed by atoms with Gasteiger partial charge in [0.05, 0.1) is 6.04 Å². The molecule has 0 heterocycles. The first-order valence-electron chi connectivity index (χ1n) is 6.97. The van der Waals surface area contributed by atoms with E-state index in [0.29, 0.717) is 6.54 Å². The van der Waals surface area contributed by atoms with E-state index in [0.717, 1.165) is 31.4 Å². The molecule has 0 saturated heterocycles. The Hall–Kier alpha value is -1.61. The maximum atomic E-state index is 11.9. The Morgan fingerprint density at radius 1 is 1.26 bits per heavy atom. The molecule has 1 atom stereocenters. The number of para-hydroxylation sites is 1. The van der Waals surface area contributed by atoms with E-state index in [9.17, 15) is 9.90 Å². The average molecular weight is 259 g/mol. The molecule has 102 valence electrons. The van der Waals surface area contributed by atoms with Crippen molar-refractivity contribution in [1.82, 2.24) is 4.48 Å². The molecule has 0 spiro atoms. The van der Waals surface area contributed by atoms with Crippen molar-refractivity contribution >= 4 is 11.8 Å². The summed E-state index contributed by atoms with van der Waals surface area (Å²) in [7, 11) is 0. The Bertz CT molecular complexity index is 437. The third kappa shape index (κ3) is 2.56. The summed E-state index contributed by atoms with van der Waals surface area (Å²) in [4.78, 5) is 11.9. The molecule has 1 amide bonds. The summed E-state index contributed by atoms with van der Waals surface area (Å²) in [5.41, 5.74) is 0.800. The second-order valence-corrected chi connectivity index (χ2v) is 5.23. The van der Waals surface area contributed by atoms with Gasteiger partial charge < -0.3 is 9.90 Å². The molecule has 1 saturated carbocycles. The lowest BCUT2D eigenvalue weighted by Gasteiger charge is -2.44. The van der Waals surface area contributed by atoms with Crippen molar-refractivity contribution in [2.45, 2.75) is 38.1 Å². The standard InChI is InChI=1S/C16H21NO2/c1-2-13-17(16(18)19,14-9-5-3-6-10-14)15-11-7-4-8-12-15/h2-3,5-6,9-10,15H,1,4,7-8,11-13H2. The van der Waals surface area contributed by atoms with Gasteiger partial charge in [-0.3, -0.25) is 0 Å². The summed E-state index contributed by atoms with van der Waals surface area (Å²) in [6, 6.07) is 9.54. The highest BCUT2D eigenvalue weighted by molar-refractivity contribution is 5.80. The van der Waals surface area contributed by atoms with E-state index >= 15 is 0 Å². The van der Waals surface area contributed by atoms with E-state index in [1.54, 1.807) is 6.08 Å². The zero-order valence-electron chi connectivity index (χ0n) is 11.3. The largest absolute Gasteiger partial charge is 0.498 e. The Kier molecular flexibility index (Phi) is 4.38. The summed E-state index contributed by atoms with van der Waals surface area (Å²) in [6.45, 7) is 4.13. The number of hydrogen-bond donors (Lipinski definition) is 0. The van der Waals surface area contributed by atoms with E-state index < -0.39 is 6.09 Å². The fourth-order valence-corrected chi connectivity index (χ4v) is 3.21. The minimum absolute atomic E-state index is 0.0964. The van der Waals surface area contributed by atoms with Gasteiger partial charge in [0.15, 0.2) is 0 Å². The molecule has 1 fully saturated rings. The average Bonchev–Trinajstić information content (AvgIpc) is 2.46. The molecule has 1 unspecified atom stereocenters. The molecule has 1 aliphatic rings. The first kappa shape index (κ1) is 13.8. The van der Waals surface area contributed by atoms with Gasteiger partial charge in [-0.05, 0) is 31.1 Å². The van der Waals surface area contributed by atoms with Crippen LogP contribution >= 0.6 is 0 Å². The highest BCUT2D eigenvalue weighted by Gasteiger charge is 2.41. The lowest BCUT2D eigenvalue weighted by molar-refractivity contribution is -0.266. The van der Waals surface area contributed by atoms with Gasteiger partial charge in [-0.1, -0.05) is 31.2 Å². The zero-order chi connectivity index (χ0) is 13.7. The molecule has 19 heavy (non-hydrogen) atoms. The van der Waals surface area contributed by atoms with Crippen molar-refractivity contribution in [3.63, 3.8) is 0 Å². The van der Waals surface area contributed by atoms with Crippen LogP contribution in [-0.2, 0) is 0 Å². The minimum Gasteiger partial charge on any atom is -0.498 e. The van der Waals surface area contributed by atoms with E-state index in [1.807, 2.05) is 30.3 Å². The number of carbonyl (C=O) groups is 1. The second kappa shape index (κ2) is 6.02. The Balaban J connectivity index is 2.46. The highest BCUT2D eigenvalue weighted by atomic mass is 16.4. The van der Waals surface area contributed by atoms with E-state index in [-0.39, 0.29) is 10.5 Å². The second-order valence-electron chi connectivity index (χ2n) is 5.23. The van der Waals surface area contributed by atoms with Crippen LogP contribution in [0.4, 0.5) is 10.5 Å². The van der Waals surface area contributed by atoms with Gasteiger partial charge in [0.2, 0.25) is 0 Å². The van der Waals surface area contributed by atoms with Crippen LogP contribution in [-0.4, -0.2) is 18.7 Å². The van der Waals surface area contributed by atoms with Crippen LogP contribution in [0.25, 0.3) is 0 Å². The molecule has 1 aromatic carbocycles. The Labute approximate surface area is 114 Å². The normalized spacial score (nSPS) is 19.6. The lowest BCUT2D eigenvalue weighted by Crippen LogP contribution is -2.66. The Morgan fingerprint density at radius 2 is 1.89 bits per heavy atom. The predicted octanol–water partition coefficient (Wildman–Crippen LogP) is 2.86. The fourth-order valence-electron chi connectivity index (χ4n) is 3.21. The lowest BCUT2D eigenvalue weighted by atomic mass is 9.91. The summed E-state index contributed by atoms with van der Waals surface area (Å²) >= 11 is 0. The van der Waals surface area contributed by atoms with Gasteiger partial charge in [0, 0.05) is 12.8 Å². The minimum atomic E-state index is -1.02. The van der Waals surface area contributed by atoms with Crippen molar-refractivity contribution < 1.29 is 9.90 Å². The molecule has 3 heteroatoms. The summed E-state index contributed by atoms with van der Waals surface area (Å²) in [6.07, 6.45) is 5.96. The number of carboxylic acid groups (broad SMARTS) is 1. The third-order valence-corrected chi connectivity index (χ3v) is 4.16. The van der Waals surface area contributed by atoms with Crippen LogP contribution in [0, 0.1) is 0 Å². The van der Waals surface area contributed by atoms with Crippen LogP contribution in [0.5, 0.6) is 0 Å². The molecule has 0 N–H and O–H groups in total. The first-order chi connectivity index (χ1) is 9.21. The maximum absolute atomic E-state index is 11.9. The molecular weight excluding hydrogens is 238 g/mol. The number of hydrogen-bond acceptors (Lipinski definition) is 2. The highest BCUT2D eigenvalue weighted by Crippen LogP contribution is 2.34. The predicted molar refractivity (Wildman–Crippen MR) is 75.6 cm³/mol. The van der Waals surface area contributed by atoms with Crippen LogP contribution in [0.15, 0.2) is 43.0 Å². The first-order valence-corrected chi connectivity index (χ1v) is 6.97.